The fourth-order valence-corrected chi connectivity index (χ4v) is 3.45. The molecule has 0 unspecified atom stereocenters. The number of phenolic OH excluding ortho intramolecular Hbond substituents is 1. The SMILES string of the molecule is COCNC1=NC(=O)C(=Cc2cc(C(C)(C)C)c(O)c(C(C)(C)C)c2)S1.Cl. The number of aliphatic imine (C=N–C) groups is 1. The van der Waals surface area contributed by atoms with Crippen molar-refractivity contribution >= 4 is 41.3 Å². The van der Waals surface area contributed by atoms with Gasteiger partial charge in [0.2, 0.25) is 0 Å². The van der Waals surface area contributed by atoms with E-state index in [1.165, 1.54) is 11.8 Å². The van der Waals surface area contributed by atoms with E-state index < -0.39 is 0 Å². The smallest absolute Gasteiger partial charge is 0.286 e. The van der Waals surface area contributed by atoms with Crippen molar-refractivity contribution in [1.82, 2.24) is 5.32 Å². The topological polar surface area (TPSA) is 70.9 Å². The summed E-state index contributed by atoms with van der Waals surface area (Å²) in [6.45, 7) is 12.7. The first-order valence-electron chi connectivity index (χ1n) is 8.57. The molecule has 0 atom stereocenters. The third-order valence-corrected chi connectivity index (χ3v) is 4.98. The molecular formula is C20H29ClN2O3S. The Balaban J connectivity index is 0.00000364. The van der Waals surface area contributed by atoms with E-state index in [0.717, 1.165) is 16.7 Å². The predicted molar refractivity (Wildman–Crippen MR) is 116 cm³/mol. The third kappa shape index (κ3) is 5.74. The lowest BCUT2D eigenvalue weighted by Gasteiger charge is -2.28. The molecule has 0 radical (unpaired) electrons. The van der Waals surface area contributed by atoms with Crippen molar-refractivity contribution in [3.63, 3.8) is 0 Å². The number of nitrogens with zero attached hydrogens (tertiary/aromatic N) is 1. The molecule has 1 amide bonds. The maximum atomic E-state index is 12.2. The highest BCUT2D eigenvalue weighted by atomic mass is 35.5. The number of carbonyl (C=O) groups excluding carboxylic acids is 1. The van der Waals surface area contributed by atoms with E-state index in [9.17, 15) is 9.90 Å². The monoisotopic (exact) mass is 412 g/mol. The zero-order valence-corrected chi connectivity index (χ0v) is 18.6. The van der Waals surface area contributed by atoms with Crippen molar-refractivity contribution < 1.29 is 14.6 Å². The van der Waals surface area contributed by atoms with Gasteiger partial charge in [0.1, 0.15) is 12.5 Å². The molecule has 1 heterocycles. The van der Waals surface area contributed by atoms with Crippen LogP contribution in [0, 0.1) is 0 Å². The molecule has 0 aromatic heterocycles. The fourth-order valence-electron chi connectivity index (χ4n) is 2.65. The van der Waals surface area contributed by atoms with E-state index in [2.05, 4.69) is 51.9 Å². The molecule has 1 aromatic carbocycles. The molecule has 1 aromatic rings. The number of aromatic hydroxyl groups is 1. The molecule has 27 heavy (non-hydrogen) atoms. The Bertz CT molecular complexity index is 739. The minimum Gasteiger partial charge on any atom is -0.507 e. The lowest BCUT2D eigenvalue weighted by molar-refractivity contribution is -0.113. The van der Waals surface area contributed by atoms with Crippen LogP contribution in [0.25, 0.3) is 6.08 Å². The van der Waals surface area contributed by atoms with E-state index in [-0.39, 0.29) is 29.1 Å². The van der Waals surface area contributed by atoms with Crippen LogP contribution < -0.4 is 5.32 Å². The van der Waals surface area contributed by atoms with Gasteiger partial charge in [-0.25, -0.2) is 0 Å². The van der Waals surface area contributed by atoms with Crippen molar-refractivity contribution in [3.8, 4) is 5.75 Å². The summed E-state index contributed by atoms with van der Waals surface area (Å²) in [6, 6.07) is 3.90. The second-order valence-corrected chi connectivity index (χ2v) is 9.44. The number of phenols is 1. The van der Waals surface area contributed by atoms with Gasteiger partial charge in [-0.2, -0.15) is 4.99 Å². The molecule has 2 rings (SSSR count). The lowest BCUT2D eigenvalue weighted by atomic mass is 9.78. The average Bonchev–Trinajstić information content (AvgIpc) is 2.84. The molecule has 7 heteroatoms. The molecule has 0 saturated heterocycles. The maximum absolute atomic E-state index is 12.2. The molecule has 0 fully saturated rings. The zero-order valence-electron chi connectivity index (χ0n) is 17.0. The van der Waals surface area contributed by atoms with Crippen molar-refractivity contribution in [2.75, 3.05) is 13.8 Å². The molecule has 0 bridgehead atoms. The van der Waals surface area contributed by atoms with Gasteiger partial charge < -0.3 is 15.2 Å². The first-order valence-corrected chi connectivity index (χ1v) is 9.38. The second-order valence-electron chi connectivity index (χ2n) is 8.41. The summed E-state index contributed by atoms with van der Waals surface area (Å²) in [6.07, 6.45) is 1.84. The number of benzene rings is 1. The summed E-state index contributed by atoms with van der Waals surface area (Å²) in [5.41, 5.74) is 2.19. The Morgan fingerprint density at radius 3 is 2.11 bits per heavy atom. The number of carbonyl (C=O) groups is 1. The summed E-state index contributed by atoms with van der Waals surface area (Å²) in [5.74, 6) is 0.0625. The zero-order chi connectivity index (χ0) is 19.7. The van der Waals surface area contributed by atoms with Crippen LogP contribution in [0.2, 0.25) is 0 Å². The predicted octanol–water partition coefficient (Wildman–Crippen LogP) is 4.57. The molecule has 1 aliphatic rings. The fraction of sp³-hybridized carbons (Fsp3) is 0.500. The Labute approximate surface area is 172 Å². The normalized spacial score (nSPS) is 16.3. The van der Waals surface area contributed by atoms with Gasteiger partial charge in [-0.05, 0) is 46.4 Å². The molecule has 0 aliphatic carbocycles. The number of thioether (sulfide) groups is 1. The number of rotatable bonds is 3. The van der Waals surface area contributed by atoms with E-state index in [4.69, 9.17) is 4.74 Å². The molecule has 0 spiro atoms. The van der Waals surface area contributed by atoms with E-state index in [1.54, 1.807) is 7.11 Å². The molecule has 0 saturated carbocycles. The molecule has 2 N–H and O–H groups in total. The van der Waals surface area contributed by atoms with Crippen LogP contribution in [0.3, 0.4) is 0 Å². The molecular weight excluding hydrogens is 384 g/mol. The van der Waals surface area contributed by atoms with Gasteiger partial charge in [0.05, 0.1) is 4.91 Å². The number of nitrogens with one attached hydrogen (secondary N) is 1. The van der Waals surface area contributed by atoms with Crippen LogP contribution in [-0.4, -0.2) is 30.0 Å². The average molecular weight is 413 g/mol. The summed E-state index contributed by atoms with van der Waals surface area (Å²) >= 11 is 1.29. The minimum absolute atomic E-state index is 0. The molecule has 1 aliphatic heterocycles. The van der Waals surface area contributed by atoms with Crippen molar-refractivity contribution in [2.45, 2.75) is 52.4 Å². The first kappa shape index (κ1) is 23.5. The molecule has 150 valence electrons. The van der Waals surface area contributed by atoms with Crippen LogP contribution >= 0.6 is 24.2 Å². The highest BCUT2D eigenvalue weighted by molar-refractivity contribution is 8.18. The first-order chi connectivity index (χ1) is 11.9. The van der Waals surface area contributed by atoms with Gasteiger partial charge in [-0.3, -0.25) is 4.79 Å². The van der Waals surface area contributed by atoms with Gasteiger partial charge in [-0.15, -0.1) is 12.4 Å². The summed E-state index contributed by atoms with van der Waals surface area (Å²) in [4.78, 5) is 16.7. The number of methoxy groups -OCH3 is 1. The molecule has 5 nitrogen and oxygen atoms in total. The van der Waals surface area contributed by atoms with Crippen molar-refractivity contribution in [2.24, 2.45) is 4.99 Å². The van der Waals surface area contributed by atoms with E-state index in [0.29, 0.717) is 22.6 Å². The van der Waals surface area contributed by atoms with Crippen molar-refractivity contribution in [1.29, 1.82) is 0 Å². The van der Waals surface area contributed by atoms with Crippen LogP contribution in [-0.2, 0) is 20.4 Å². The Morgan fingerprint density at radius 1 is 1.15 bits per heavy atom. The van der Waals surface area contributed by atoms with Crippen molar-refractivity contribution in [3.05, 3.63) is 33.7 Å². The van der Waals surface area contributed by atoms with Crippen LogP contribution in [0.4, 0.5) is 0 Å². The van der Waals surface area contributed by atoms with Gasteiger partial charge in [0.15, 0.2) is 5.17 Å². The Kier molecular flexibility index (Phi) is 7.56. The number of hydrogen-bond acceptors (Lipinski definition) is 5. The van der Waals surface area contributed by atoms with Crippen LogP contribution in [0.15, 0.2) is 22.0 Å². The Hall–Kier alpha value is -1.50. The quantitative estimate of drug-likeness (QED) is 0.562. The summed E-state index contributed by atoms with van der Waals surface area (Å²) in [7, 11) is 1.57. The maximum Gasteiger partial charge on any atom is 0.286 e. The number of halogens is 1. The summed E-state index contributed by atoms with van der Waals surface area (Å²) < 4.78 is 4.95. The minimum atomic E-state index is -0.267. The van der Waals surface area contributed by atoms with Gasteiger partial charge >= 0.3 is 0 Å². The number of hydrogen-bond donors (Lipinski definition) is 2. The Morgan fingerprint density at radius 2 is 1.67 bits per heavy atom. The number of amidine groups is 1. The number of amides is 1. The van der Waals surface area contributed by atoms with Crippen LogP contribution in [0.1, 0.15) is 58.2 Å². The largest absolute Gasteiger partial charge is 0.507 e. The van der Waals surface area contributed by atoms with Gasteiger partial charge in [-0.1, -0.05) is 41.5 Å². The van der Waals surface area contributed by atoms with Crippen LogP contribution in [0.5, 0.6) is 5.75 Å². The van der Waals surface area contributed by atoms with E-state index in [1.807, 2.05) is 18.2 Å². The van der Waals surface area contributed by atoms with Gasteiger partial charge in [0.25, 0.3) is 5.91 Å². The highest BCUT2D eigenvalue weighted by Crippen LogP contribution is 2.40. The lowest BCUT2D eigenvalue weighted by Crippen LogP contribution is -2.21. The second kappa shape index (κ2) is 8.67. The van der Waals surface area contributed by atoms with E-state index >= 15 is 0 Å². The standard InChI is InChI=1S/C20H28N2O3S.ClH/c1-19(2,3)13-8-12(9-14(16(13)23)20(4,5)6)10-15-17(24)22-18(26-15)21-11-25-7;/h8-10,23H,11H2,1-7H3,(H,21,22,24);1H. The third-order valence-electron chi connectivity index (χ3n) is 4.03. The van der Waals surface area contributed by atoms with Gasteiger partial charge in [0, 0.05) is 18.2 Å². The summed E-state index contributed by atoms with van der Waals surface area (Å²) in [5, 5.41) is 14.3. The highest BCUT2D eigenvalue weighted by Gasteiger charge is 2.27. The number of ether oxygens (including phenoxy) is 1.